The van der Waals surface area contributed by atoms with Crippen LogP contribution in [0.2, 0.25) is 0 Å². The van der Waals surface area contributed by atoms with Crippen molar-refractivity contribution >= 4 is 37.8 Å². The van der Waals surface area contributed by atoms with E-state index in [4.69, 9.17) is 9.47 Å². The Hall–Kier alpha value is -1.59. The van der Waals surface area contributed by atoms with Crippen LogP contribution in [0.15, 0.2) is 63.6 Å². The molecule has 0 radical (unpaired) electrons. The average Bonchev–Trinajstić information content (AvgIpc) is 2.44. The smallest absolute Gasteiger partial charge is 0.338 e. The van der Waals surface area contributed by atoms with Gasteiger partial charge in [0.05, 0.1) is 8.95 Å². The molecule has 0 aliphatic carbocycles. The zero-order chi connectivity index (χ0) is 15.4. The van der Waals surface area contributed by atoms with Gasteiger partial charge in [0.15, 0.2) is 0 Å². The Kier molecular flexibility index (Phi) is 5.20. The summed E-state index contributed by atoms with van der Waals surface area (Å²) in [5.41, 5.74) is 0.343. The molecule has 0 unspecified atom stereocenters. The number of benzene rings is 2. The van der Waals surface area contributed by atoms with Crippen molar-refractivity contribution in [3.63, 3.8) is 0 Å². The molecule has 5 heteroatoms. The topological polar surface area (TPSA) is 35.5 Å². The monoisotopic (exact) mass is 410 g/mol. The number of ether oxygens (including phenoxy) is 2. The van der Waals surface area contributed by atoms with Crippen LogP contribution in [-0.4, -0.2) is 5.97 Å². The molecular formula is C16H12Br2O3. The minimum atomic E-state index is -0.463. The van der Waals surface area contributed by atoms with Crippen LogP contribution in [0.4, 0.5) is 0 Å². The average molecular weight is 412 g/mol. The molecule has 21 heavy (non-hydrogen) atoms. The van der Waals surface area contributed by atoms with Crippen LogP contribution in [0.25, 0.3) is 0 Å². The molecule has 0 aliphatic heterocycles. The van der Waals surface area contributed by atoms with E-state index in [0.29, 0.717) is 27.3 Å². The van der Waals surface area contributed by atoms with Crippen LogP contribution in [0.1, 0.15) is 6.92 Å². The van der Waals surface area contributed by atoms with Gasteiger partial charge in [-0.25, -0.2) is 4.79 Å². The number of esters is 1. The molecule has 0 fully saturated rings. The van der Waals surface area contributed by atoms with Gasteiger partial charge in [-0.15, -0.1) is 0 Å². The first kappa shape index (κ1) is 15.8. The van der Waals surface area contributed by atoms with Gasteiger partial charge in [-0.2, -0.15) is 0 Å². The number of hydrogen-bond donors (Lipinski definition) is 0. The Balaban J connectivity index is 2.18. The van der Waals surface area contributed by atoms with E-state index in [-0.39, 0.29) is 0 Å². The molecule has 2 aromatic carbocycles. The Morgan fingerprint density at radius 2 is 1.76 bits per heavy atom. The van der Waals surface area contributed by atoms with Crippen LogP contribution < -0.4 is 9.47 Å². The van der Waals surface area contributed by atoms with Gasteiger partial charge >= 0.3 is 5.97 Å². The van der Waals surface area contributed by atoms with E-state index < -0.39 is 5.97 Å². The first-order chi connectivity index (χ1) is 9.97. The first-order valence-corrected chi connectivity index (χ1v) is 7.65. The lowest BCUT2D eigenvalue weighted by Gasteiger charge is -2.10. The molecule has 0 saturated heterocycles. The number of carbonyl (C=O) groups excluding carboxylic acids is 1. The van der Waals surface area contributed by atoms with Crippen LogP contribution in [0.3, 0.4) is 0 Å². The summed E-state index contributed by atoms with van der Waals surface area (Å²) in [6.07, 6.45) is 0. The van der Waals surface area contributed by atoms with Gasteiger partial charge in [-0.05, 0) is 69.1 Å². The third kappa shape index (κ3) is 4.19. The third-order valence-corrected chi connectivity index (χ3v) is 3.79. The van der Waals surface area contributed by atoms with Gasteiger partial charge in [-0.3, -0.25) is 0 Å². The molecule has 3 nitrogen and oxygen atoms in total. The maximum atomic E-state index is 11.5. The minimum Gasteiger partial charge on any atom is -0.456 e. The Morgan fingerprint density at radius 1 is 1.05 bits per heavy atom. The fourth-order valence-electron chi connectivity index (χ4n) is 1.47. The van der Waals surface area contributed by atoms with E-state index in [1.165, 1.54) is 0 Å². The highest BCUT2D eigenvalue weighted by molar-refractivity contribution is 9.10. The van der Waals surface area contributed by atoms with E-state index >= 15 is 0 Å². The van der Waals surface area contributed by atoms with Crippen molar-refractivity contribution in [2.24, 2.45) is 0 Å². The zero-order valence-electron chi connectivity index (χ0n) is 11.2. The summed E-state index contributed by atoms with van der Waals surface area (Å²) in [6.45, 7) is 5.14. The van der Waals surface area contributed by atoms with E-state index in [1.54, 1.807) is 25.1 Å². The molecule has 0 heterocycles. The van der Waals surface area contributed by atoms with Crippen molar-refractivity contribution in [2.75, 3.05) is 0 Å². The van der Waals surface area contributed by atoms with E-state index in [9.17, 15) is 4.79 Å². The van der Waals surface area contributed by atoms with Crippen molar-refractivity contribution < 1.29 is 14.3 Å². The lowest BCUT2D eigenvalue weighted by atomic mass is 10.3. The molecule has 0 amide bonds. The minimum absolute atomic E-state index is 0.343. The van der Waals surface area contributed by atoms with Gasteiger partial charge in [0.25, 0.3) is 0 Å². The van der Waals surface area contributed by atoms with Crippen LogP contribution >= 0.6 is 31.9 Å². The summed E-state index contributed by atoms with van der Waals surface area (Å²) in [5.74, 6) is 1.29. The molecule has 0 aliphatic rings. The summed E-state index contributed by atoms with van der Waals surface area (Å²) in [7, 11) is 0. The van der Waals surface area contributed by atoms with Crippen LogP contribution in [0, 0.1) is 0 Å². The molecule has 0 spiro atoms. The highest BCUT2D eigenvalue weighted by atomic mass is 79.9. The molecule has 2 aromatic rings. The fraction of sp³-hybridized carbons (Fsp3) is 0.0625. The number of rotatable bonds is 4. The van der Waals surface area contributed by atoms with E-state index in [1.807, 2.05) is 24.3 Å². The Labute approximate surface area is 139 Å². The zero-order valence-corrected chi connectivity index (χ0v) is 14.4. The fourth-order valence-corrected chi connectivity index (χ4v) is 2.27. The molecule has 0 aromatic heterocycles. The predicted octanol–water partition coefficient (Wildman–Crippen LogP) is 5.49. The summed E-state index contributed by atoms with van der Waals surface area (Å²) in [6, 6.07) is 12.7. The second-order valence-corrected chi connectivity index (χ2v) is 6.00. The van der Waals surface area contributed by atoms with Gasteiger partial charge in [0.2, 0.25) is 0 Å². The lowest BCUT2D eigenvalue weighted by Crippen LogP contribution is -2.08. The van der Waals surface area contributed by atoms with E-state index in [0.717, 1.165) is 4.47 Å². The van der Waals surface area contributed by atoms with Gasteiger partial charge in [-0.1, -0.05) is 18.7 Å². The second-order valence-electron chi connectivity index (χ2n) is 4.29. The predicted molar refractivity (Wildman–Crippen MR) is 88.8 cm³/mol. The summed E-state index contributed by atoms with van der Waals surface area (Å²) in [4.78, 5) is 11.5. The number of halogens is 2. The van der Waals surface area contributed by atoms with Crippen molar-refractivity contribution in [1.82, 2.24) is 0 Å². The molecule has 0 saturated carbocycles. The SMILES string of the molecule is C=C(C)C(=O)Oc1ccc(Oc2ccccc2Br)cc1Br. The maximum Gasteiger partial charge on any atom is 0.338 e. The number of para-hydroxylation sites is 1. The molecular weight excluding hydrogens is 400 g/mol. The van der Waals surface area contributed by atoms with Crippen LogP contribution in [-0.2, 0) is 4.79 Å². The largest absolute Gasteiger partial charge is 0.456 e. The number of hydrogen-bond acceptors (Lipinski definition) is 3. The highest BCUT2D eigenvalue weighted by Gasteiger charge is 2.10. The summed E-state index contributed by atoms with van der Waals surface area (Å²) < 4.78 is 12.4. The van der Waals surface area contributed by atoms with Crippen molar-refractivity contribution in [1.29, 1.82) is 0 Å². The molecule has 2 rings (SSSR count). The van der Waals surface area contributed by atoms with Crippen LogP contribution in [0.5, 0.6) is 17.2 Å². The summed E-state index contributed by atoms with van der Waals surface area (Å²) >= 11 is 6.78. The Morgan fingerprint density at radius 3 is 2.38 bits per heavy atom. The maximum absolute atomic E-state index is 11.5. The third-order valence-electron chi connectivity index (χ3n) is 2.52. The highest BCUT2D eigenvalue weighted by Crippen LogP contribution is 2.34. The molecule has 0 atom stereocenters. The molecule has 108 valence electrons. The quantitative estimate of drug-likeness (QED) is 0.379. The van der Waals surface area contributed by atoms with Gasteiger partial charge in [0.1, 0.15) is 17.2 Å². The molecule has 0 bridgehead atoms. The van der Waals surface area contributed by atoms with Gasteiger partial charge in [0, 0.05) is 5.57 Å². The van der Waals surface area contributed by atoms with Crippen molar-refractivity contribution in [3.8, 4) is 17.2 Å². The van der Waals surface area contributed by atoms with Crippen molar-refractivity contribution in [3.05, 3.63) is 63.6 Å². The first-order valence-electron chi connectivity index (χ1n) is 6.07. The van der Waals surface area contributed by atoms with E-state index in [2.05, 4.69) is 38.4 Å². The normalized spacial score (nSPS) is 10.0. The lowest BCUT2D eigenvalue weighted by molar-refractivity contribution is -0.130. The standard InChI is InChI=1S/C16H12Br2O3/c1-10(2)16(19)21-15-8-7-11(9-13(15)18)20-14-6-4-3-5-12(14)17/h3-9H,1H2,2H3. The Bertz CT molecular complexity index is 696. The number of carbonyl (C=O) groups is 1. The molecule has 0 N–H and O–H groups in total. The summed E-state index contributed by atoms with van der Waals surface area (Å²) in [5, 5.41) is 0. The second kappa shape index (κ2) is 6.91. The van der Waals surface area contributed by atoms with Gasteiger partial charge < -0.3 is 9.47 Å². The van der Waals surface area contributed by atoms with Crippen molar-refractivity contribution in [2.45, 2.75) is 6.92 Å².